The van der Waals surface area contributed by atoms with Gasteiger partial charge < -0.3 is 10.8 Å². The molecular formula is C21H28N6O3S. The number of benzene rings is 1. The molecule has 0 amide bonds. The van der Waals surface area contributed by atoms with E-state index in [2.05, 4.69) is 19.8 Å². The Balaban J connectivity index is 1.60. The van der Waals surface area contributed by atoms with Crippen LogP contribution in [0.1, 0.15) is 45.1 Å². The molecule has 4 rings (SSSR count). The average Bonchev–Trinajstić information content (AvgIpc) is 3.13. The van der Waals surface area contributed by atoms with Crippen molar-refractivity contribution in [2.45, 2.75) is 63.0 Å². The van der Waals surface area contributed by atoms with E-state index in [-0.39, 0.29) is 22.7 Å². The van der Waals surface area contributed by atoms with Crippen LogP contribution in [0.5, 0.6) is 0 Å². The maximum atomic E-state index is 13.1. The number of nitrogens with two attached hydrogens (primary N) is 1. The summed E-state index contributed by atoms with van der Waals surface area (Å²) in [4.78, 5) is 8.41. The van der Waals surface area contributed by atoms with Crippen molar-refractivity contribution in [1.29, 1.82) is 0 Å². The first-order valence-corrected chi connectivity index (χ1v) is 11.8. The van der Waals surface area contributed by atoms with Crippen LogP contribution in [0.3, 0.4) is 0 Å². The van der Waals surface area contributed by atoms with Gasteiger partial charge in [-0.05, 0) is 70.1 Å². The van der Waals surface area contributed by atoms with Gasteiger partial charge in [0, 0.05) is 11.6 Å². The summed E-state index contributed by atoms with van der Waals surface area (Å²) in [5.41, 5.74) is 7.80. The molecule has 9 nitrogen and oxygen atoms in total. The molecule has 1 aliphatic rings. The van der Waals surface area contributed by atoms with Crippen molar-refractivity contribution in [3.63, 3.8) is 0 Å². The third kappa shape index (κ3) is 4.28. The highest BCUT2D eigenvalue weighted by Gasteiger charge is 2.33. The van der Waals surface area contributed by atoms with Crippen molar-refractivity contribution >= 4 is 21.5 Å². The van der Waals surface area contributed by atoms with Crippen LogP contribution in [0.2, 0.25) is 0 Å². The number of aryl methyl sites for hydroxylation is 1. The quantitative estimate of drug-likeness (QED) is 0.549. The lowest BCUT2D eigenvalue weighted by Crippen LogP contribution is -2.41. The maximum absolute atomic E-state index is 13.1. The zero-order valence-corrected chi connectivity index (χ0v) is 18.7. The van der Waals surface area contributed by atoms with E-state index in [9.17, 15) is 13.5 Å². The van der Waals surface area contributed by atoms with Gasteiger partial charge in [0.05, 0.1) is 22.4 Å². The Morgan fingerprint density at radius 2 is 1.90 bits per heavy atom. The largest absolute Gasteiger partial charge is 0.390 e. The van der Waals surface area contributed by atoms with Crippen LogP contribution in [-0.4, -0.2) is 44.7 Å². The van der Waals surface area contributed by atoms with Crippen LogP contribution in [0.4, 0.5) is 5.82 Å². The second-order valence-corrected chi connectivity index (χ2v) is 10.5. The van der Waals surface area contributed by atoms with E-state index in [0.717, 1.165) is 18.4 Å². The number of aromatic nitrogens is 4. The van der Waals surface area contributed by atoms with Crippen LogP contribution in [0, 0.1) is 12.8 Å². The fourth-order valence-corrected chi connectivity index (χ4v) is 5.60. The predicted octanol–water partition coefficient (Wildman–Crippen LogP) is 2.29. The Kier molecular flexibility index (Phi) is 5.48. The van der Waals surface area contributed by atoms with E-state index < -0.39 is 15.6 Å². The van der Waals surface area contributed by atoms with Gasteiger partial charge in [-0.1, -0.05) is 6.07 Å². The summed E-state index contributed by atoms with van der Waals surface area (Å²) in [5.74, 6) is 0.440. The number of nitrogens with one attached hydrogen (secondary N) is 1. The predicted molar refractivity (Wildman–Crippen MR) is 118 cm³/mol. The summed E-state index contributed by atoms with van der Waals surface area (Å²) >= 11 is 0. The van der Waals surface area contributed by atoms with E-state index in [1.165, 1.54) is 6.33 Å². The third-order valence-corrected chi connectivity index (χ3v) is 7.69. The molecule has 0 bridgehead atoms. The molecule has 2 aromatic heterocycles. The van der Waals surface area contributed by atoms with Crippen molar-refractivity contribution in [2.24, 2.45) is 5.92 Å². The Morgan fingerprint density at radius 3 is 2.58 bits per heavy atom. The Labute approximate surface area is 181 Å². The third-order valence-electron chi connectivity index (χ3n) is 6.17. The highest BCUT2D eigenvalue weighted by Crippen LogP contribution is 2.33. The van der Waals surface area contributed by atoms with Gasteiger partial charge in [-0.3, -0.25) is 0 Å². The van der Waals surface area contributed by atoms with E-state index in [1.807, 2.05) is 20.8 Å². The number of nitrogen functional groups attached to an aromatic ring is 1. The van der Waals surface area contributed by atoms with Gasteiger partial charge in [-0.2, -0.15) is 5.10 Å². The molecule has 0 saturated heterocycles. The smallest absolute Gasteiger partial charge is 0.240 e. The number of hydrogen-bond acceptors (Lipinski definition) is 7. The molecule has 1 aliphatic carbocycles. The number of hydrogen-bond donors (Lipinski definition) is 3. The second kappa shape index (κ2) is 7.85. The topological polar surface area (TPSA) is 136 Å². The number of anilines is 1. The molecule has 4 N–H and O–H groups in total. The summed E-state index contributed by atoms with van der Waals surface area (Å²) in [6.07, 6.45) is 5.95. The average molecular weight is 445 g/mol. The molecule has 31 heavy (non-hydrogen) atoms. The molecular weight excluding hydrogens is 416 g/mol. The Morgan fingerprint density at radius 1 is 1.19 bits per heavy atom. The minimum atomic E-state index is -3.70. The fraction of sp³-hybridized carbons (Fsp3) is 0.476. The van der Waals surface area contributed by atoms with Gasteiger partial charge in [0.1, 0.15) is 6.33 Å². The number of sulfonamides is 1. The lowest BCUT2D eigenvalue weighted by molar-refractivity contribution is -0.00182. The van der Waals surface area contributed by atoms with Gasteiger partial charge in [0.2, 0.25) is 10.0 Å². The normalized spacial score (nSPS) is 20.3. The second-order valence-electron chi connectivity index (χ2n) is 8.82. The molecule has 0 radical (unpaired) electrons. The van der Waals surface area contributed by atoms with Gasteiger partial charge in [0.15, 0.2) is 11.5 Å². The van der Waals surface area contributed by atoms with Crippen LogP contribution in [0.25, 0.3) is 16.9 Å². The molecule has 0 unspecified atom stereocenters. The summed E-state index contributed by atoms with van der Waals surface area (Å²) < 4.78 is 30.6. The van der Waals surface area contributed by atoms with E-state index >= 15 is 0 Å². The summed E-state index contributed by atoms with van der Waals surface area (Å²) in [6.45, 7) is 5.53. The minimum Gasteiger partial charge on any atom is -0.390 e. The summed E-state index contributed by atoms with van der Waals surface area (Å²) in [6, 6.07) is 4.88. The lowest BCUT2D eigenvalue weighted by Gasteiger charge is -2.35. The van der Waals surface area contributed by atoms with Crippen LogP contribution >= 0.6 is 0 Å². The standard InChI is InChI=1S/C21H28N6O3S/c1-13-4-9-16(10-17(13)18-11-23-20-19(22)24-12-25-27(18)20)31(29,30)26-15-7-5-14(6-8-15)21(2,3)28/h4,9-12,14-15,26,28H,5-8H2,1-3H3,(H2,22,24,25). The van der Waals surface area contributed by atoms with E-state index in [1.54, 1.807) is 28.9 Å². The van der Waals surface area contributed by atoms with Crippen molar-refractivity contribution < 1.29 is 13.5 Å². The van der Waals surface area contributed by atoms with Gasteiger partial charge in [-0.15, -0.1) is 0 Å². The molecule has 1 aromatic carbocycles. The van der Waals surface area contributed by atoms with Gasteiger partial charge in [-0.25, -0.2) is 27.6 Å². The monoisotopic (exact) mass is 444 g/mol. The first-order valence-electron chi connectivity index (χ1n) is 10.4. The molecule has 1 saturated carbocycles. The molecule has 10 heteroatoms. The number of rotatable bonds is 5. The molecule has 3 aromatic rings. The Hall–Kier alpha value is -2.56. The van der Waals surface area contributed by atoms with Crippen LogP contribution < -0.4 is 10.5 Å². The van der Waals surface area contributed by atoms with Gasteiger partial charge in [0.25, 0.3) is 0 Å². The Bertz CT molecular complexity index is 1210. The molecule has 0 aliphatic heterocycles. The molecule has 166 valence electrons. The van der Waals surface area contributed by atoms with Crippen LogP contribution in [-0.2, 0) is 10.0 Å². The zero-order chi connectivity index (χ0) is 22.4. The minimum absolute atomic E-state index is 0.142. The number of aliphatic hydroxyl groups is 1. The van der Waals surface area contributed by atoms with Gasteiger partial charge >= 0.3 is 0 Å². The van der Waals surface area contributed by atoms with Crippen molar-refractivity contribution in [3.05, 3.63) is 36.3 Å². The number of imidazole rings is 1. The molecule has 1 fully saturated rings. The highest BCUT2D eigenvalue weighted by molar-refractivity contribution is 7.89. The maximum Gasteiger partial charge on any atom is 0.240 e. The first kappa shape index (κ1) is 21.7. The van der Waals surface area contributed by atoms with Crippen molar-refractivity contribution in [2.75, 3.05) is 5.73 Å². The first-order chi connectivity index (χ1) is 14.6. The zero-order valence-electron chi connectivity index (χ0n) is 17.9. The summed E-state index contributed by atoms with van der Waals surface area (Å²) in [5, 5.41) is 14.4. The highest BCUT2D eigenvalue weighted by atomic mass is 32.2. The SMILES string of the molecule is Cc1ccc(S(=O)(=O)NC2CCC(C(C)(C)O)CC2)cc1-c1cnc2c(N)ncnn12. The fourth-order valence-electron chi connectivity index (χ4n) is 4.27. The lowest BCUT2D eigenvalue weighted by atomic mass is 9.77. The number of nitrogens with zero attached hydrogens (tertiary/aromatic N) is 4. The molecule has 2 heterocycles. The summed E-state index contributed by atoms with van der Waals surface area (Å²) in [7, 11) is -3.70. The van der Waals surface area contributed by atoms with Crippen molar-refractivity contribution in [3.8, 4) is 11.3 Å². The molecule has 0 spiro atoms. The number of fused-ring (bicyclic) bond motifs is 1. The van der Waals surface area contributed by atoms with E-state index in [4.69, 9.17) is 5.73 Å². The van der Waals surface area contributed by atoms with Crippen LogP contribution in [0.15, 0.2) is 35.6 Å². The van der Waals surface area contributed by atoms with E-state index in [0.29, 0.717) is 29.7 Å². The van der Waals surface area contributed by atoms with Crippen molar-refractivity contribution in [1.82, 2.24) is 24.3 Å². The molecule has 0 atom stereocenters.